The average molecular weight is 258 g/mol. The van der Waals surface area contributed by atoms with Gasteiger partial charge in [0.25, 0.3) is 5.91 Å². The van der Waals surface area contributed by atoms with Gasteiger partial charge in [-0.2, -0.15) is 0 Å². The lowest BCUT2D eigenvalue weighted by molar-refractivity contribution is 0.0784. The van der Waals surface area contributed by atoms with Crippen LogP contribution in [0.1, 0.15) is 15.9 Å². The molecule has 1 aromatic heterocycles. The van der Waals surface area contributed by atoms with Gasteiger partial charge in [-0.05, 0) is 12.1 Å². The Bertz CT molecular complexity index is 629. The van der Waals surface area contributed by atoms with E-state index in [-0.39, 0.29) is 17.2 Å². The SMILES string of the molecule is CN(Cc1ccccc1O)C(=O)c1ccc(=O)[nH]c1. The van der Waals surface area contributed by atoms with E-state index in [9.17, 15) is 14.7 Å². The van der Waals surface area contributed by atoms with Crippen LogP contribution in [0.15, 0.2) is 47.4 Å². The van der Waals surface area contributed by atoms with Crippen molar-refractivity contribution in [2.45, 2.75) is 6.54 Å². The monoisotopic (exact) mass is 258 g/mol. The highest BCUT2D eigenvalue weighted by molar-refractivity contribution is 5.93. The van der Waals surface area contributed by atoms with Crippen LogP contribution in [0.5, 0.6) is 5.75 Å². The number of para-hydroxylation sites is 1. The second kappa shape index (κ2) is 5.39. The Morgan fingerprint density at radius 1 is 1.26 bits per heavy atom. The first kappa shape index (κ1) is 12.9. The highest BCUT2D eigenvalue weighted by Gasteiger charge is 2.13. The van der Waals surface area contributed by atoms with Crippen molar-refractivity contribution in [3.05, 3.63) is 64.1 Å². The van der Waals surface area contributed by atoms with Gasteiger partial charge in [-0.3, -0.25) is 9.59 Å². The summed E-state index contributed by atoms with van der Waals surface area (Å²) in [5.41, 5.74) is 0.820. The molecule has 1 aromatic carbocycles. The molecule has 1 amide bonds. The van der Waals surface area contributed by atoms with E-state index in [1.807, 2.05) is 0 Å². The molecular weight excluding hydrogens is 244 g/mol. The number of nitrogens with one attached hydrogen (secondary N) is 1. The summed E-state index contributed by atoms with van der Waals surface area (Å²) in [6.07, 6.45) is 1.38. The minimum Gasteiger partial charge on any atom is -0.508 e. The third-order valence-corrected chi connectivity index (χ3v) is 2.78. The molecule has 98 valence electrons. The molecule has 5 heteroatoms. The van der Waals surface area contributed by atoms with Gasteiger partial charge in [-0.15, -0.1) is 0 Å². The molecular formula is C14H14N2O3. The topological polar surface area (TPSA) is 73.4 Å². The normalized spacial score (nSPS) is 10.2. The fraction of sp³-hybridized carbons (Fsp3) is 0.143. The molecule has 19 heavy (non-hydrogen) atoms. The Morgan fingerprint density at radius 3 is 2.63 bits per heavy atom. The second-order valence-corrected chi connectivity index (χ2v) is 4.23. The van der Waals surface area contributed by atoms with Crippen molar-refractivity contribution < 1.29 is 9.90 Å². The summed E-state index contributed by atoms with van der Waals surface area (Å²) in [4.78, 5) is 27.0. The first-order valence-electron chi connectivity index (χ1n) is 5.79. The lowest BCUT2D eigenvalue weighted by Gasteiger charge is -2.17. The third-order valence-electron chi connectivity index (χ3n) is 2.78. The van der Waals surface area contributed by atoms with Crippen LogP contribution in [-0.2, 0) is 6.54 Å². The van der Waals surface area contributed by atoms with Gasteiger partial charge in [0.05, 0.1) is 5.56 Å². The molecule has 2 N–H and O–H groups in total. The van der Waals surface area contributed by atoms with Crippen molar-refractivity contribution in [1.82, 2.24) is 9.88 Å². The highest BCUT2D eigenvalue weighted by atomic mass is 16.3. The van der Waals surface area contributed by atoms with Crippen molar-refractivity contribution in [1.29, 1.82) is 0 Å². The molecule has 0 fully saturated rings. The number of aromatic nitrogens is 1. The first-order valence-corrected chi connectivity index (χ1v) is 5.79. The molecule has 0 atom stereocenters. The van der Waals surface area contributed by atoms with Crippen molar-refractivity contribution in [3.63, 3.8) is 0 Å². The van der Waals surface area contributed by atoms with Crippen molar-refractivity contribution in [2.75, 3.05) is 7.05 Å². The zero-order valence-corrected chi connectivity index (χ0v) is 10.5. The Kier molecular flexibility index (Phi) is 3.66. The number of carbonyl (C=O) groups is 1. The molecule has 5 nitrogen and oxygen atoms in total. The number of rotatable bonds is 3. The van der Waals surface area contributed by atoms with E-state index in [1.54, 1.807) is 31.3 Å². The Hall–Kier alpha value is -2.56. The van der Waals surface area contributed by atoms with Gasteiger partial charge in [0, 0.05) is 31.4 Å². The summed E-state index contributed by atoms with van der Waals surface area (Å²) in [7, 11) is 1.64. The summed E-state index contributed by atoms with van der Waals surface area (Å²) in [5.74, 6) is -0.0666. The minimum absolute atomic E-state index is 0.156. The summed E-state index contributed by atoms with van der Waals surface area (Å²) >= 11 is 0. The fourth-order valence-electron chi connectivity index (χ4n) is 1.74. The molecule has 1 heterocycles. The summed E-state index contributed by atoms with van der Waals surface area (Å²) < 4.78 is 0. The van der Waals surface area contributed by atoms with Crippen LogP contribution in [0.3, 0.4) is 0 Å². The third kappa shape index (κ3) is 3.01. The zero-order chi connectivity index (χ0) is 13.8. The molecule has 0 unspecified atom stereocenters. The van der Waals surface area contributed by atoms with Crippen molar-refractivity contribution >= 4 is 5.91 Å². The van der Waals surface area contributed by atoms with Gasteiger partial charge in [0.15, 0.2) is 0 Å². The van der Waals surface area contributed by atoms with Gasteiger partial charge in [-0.1, -0.05) is 18.2 Å². The Labute approximate surface area is 110 Å². The number of benzene rings is 1. The van der Waals surface area contributed by atoms with Gasteiger partial charge < -0.3 is 15.0 Å². The zero-order valence-electron chi connectivity index (χ0n) is 10.5. The maximum Gasteiger partial charge on any atom is 0.255 e. The Balaban J connectivity index is 2.14. The van der Waals surface area contributed by atoms with Gasteiger partial charge >= 0.3 is 0 Å². The van der Waals surface area contributed by atoms with Gasteiger partial charge in [-0.25, -0.2) is 0 Å². The molecule has 0 aliphatic carbocycles. The number of hydrogen-bond acceptors (Lipinski definition) is 3. The fourth-order valence-corrected chi connectivity index (χ4v) is 1.74. The number of hydrogen-bond donors (Lipinski definition) is 2. The number of H-pyrrole nitrogens is 1. The molecule has 0 aliphatic rings. The highest BCUT2D eigenvalue weighted by Crippen LogP contribution is 2.17. The lowest BCUT2D eigenvalue weighted by atomic mass is 10.2. The summed E-state index contributed by atoms with van der Waals surface area (Å²) in [5, 5.41) is 9.66. The number of amides is 1. The number of carbonyl (C=O) groups excluding carboxylic acids is 1. The molecule has 0 bridgehead atoms. The molecule has 0 saturated carbocycles. The molecule has 0 radical (unpaired) electrons. The predicted molar refractivity (Wildman–Crippen MR) is 71.0 cm³/mol. The van der Waals surface area contributed by atoms with E-state index in [0.29, 0.717) is 17.7 Å². The second-order valence-electron chi connectivity index (χ2n) is 4.23. The van der Waals surface area contributed by atoms with Crippen LogP contribution in [0.25, 0.3) is 0 Å². The van der Waals surface area contributed by atoms with E-state index in [1.165, 1.54) is 23.2 Å². The van der Waals surface area contributed by atoms with Gasteiger partial charge in [0.2, 0.25) is 5.56 Å². The average Bonchev–Trinajstić information content (AvgIpc) is 2.41. The maximum absolute atomic E-state index is 12.1. The van der Waals surface area contributed by atoms with E-state index in [0.717, 1.165) is 0 Å². The van der Waals surface area contributed by atoms with Crippen LogP contribution < -0.4 is 5.56 Å². The van der Waals surface area contributed by atoms with E-state index >= 15 is 0 Å². The summed E-state index contributed by atoms with van der Waals surface area (Å²) in [6.45, 7) is 0.296. The van der Waals surface area contributed by atoms with E-state index < -0.39 is 0 Å². The van der Waals surface area contributed by atoms with Crippen molar-refractivity contribution in [3.8, 4) is 5.75 Å². The maximum atomic E-state index is 12.1. The quantitative estimate of drug-likeness (QED) is 0.872. The van der Waals surface area contributed by atoms with E-state index in [2.05, 4.69) is 4.98 Å². The van der Waals surface area contributed by atoms with Crippen LogP contribution in [0.2, 0.25) is 0 Å². The van der Waals surface area contributed by atoms with Crippen LogP contribution in [-0.4, -0.2) is 27.9 Å². The van der Waals surface area contributed by atoms with Crippen LogP contribution in [0, 0.1) is 0 Å². The molecule has 0 saturated heterocycles. The molecule has 0 aliphatic heterocycles. The number of aromatic hydroxyl groups is 1. The van der Waals surface area contributed by atoms with Crippen molar-refractivity contribution in [2.24, 2.45) is 0 Å². The predicted octanol–water partition coefficient (Wildman–Crippen LogP) is 1.35. The molecule has 0 spiro atoms. The number of phenolic OH excluding ortho intramolecular Hbond substituents is 1. The largest absolute Gasteiger partial charge is 0.508 e. The number of aromatic amines is 1. The van der Waals surface area contributed by atoms with Crippen LogP contribution >= 0.6 is 0 Å². The van der Waals surface area contributed by atoms with E-state index in [4.69, 9.17) is 0 Å². The number of pyridine rings is 1. The van der Waals surface area contributed by atoms with Gasteiger partial charge in [0.1, 0.15) is 5.75 Å². The standard InChI is InChI=1S/C14H14N2O3/c1-16(9-11-4-2-3-5-12(11)17)14(19)10-6-7-13(18)15-8-10/h2-8,17H,9H2,1H3,(H,15,18). The lowest BCUT2D eigenvalue weighted by Crippen LogP contribution is -2.26. The molecule has 2 rings (SSSR count). The smallest absolute Gasteiger partial charge is 0.255 e. The number of nitrogens with zero attached hydrogens (tertiary/aromatic N) is 1. The number of phenols is 1. The summed E-state index contributed by atoms with van der Waals surface area (Å²) in [6, 6.07) is 9.64. The first-order chi connectivity index (χ1) is 9.08. The minimum atomic E-state index is -0.250. The molecule has 2 aromatic rings. The van der Waals surface area contributed by atoms with Crippen LogP contribution in [0.4, 0.5) is 0 Å². The Morgan fingerprint density at radius 2 is 2.00 bits per heavy atom.